The maximum atomic E-state index is 12.5. The predicted molar refractivity (Wildman–Crippen MR) is 85.2 cm³/mol. The quantitative estimate of drug-likeness (QED) is 0.738. The number of ether oxygens (including phenoxy) is 1. The van der Waals surface area contributed by atoms with Crippen molar-refractivity contribution >= 4 is 35.7 Å². The molecule has 0 fully saturated rings. The number of carboxylic acids is 1. The molecule has 0 aliphatic heterocycles. The minimum absolute atomic E-state index is 0. The number of pyridine rings is 2. The third-order valence-corrected chi connectivity index (χ3v) is 3.17. The van der Waals surface area contributed by atoms with Crippen molar-refractivity contribution in [3.8, 4) is 11.6 Å². The second-order valence-electron chi connectivity index (χ2n) is 4.84. The van der Waals surface area contributed by atoms with Gasteiger partial charge in [0, 0.05) is 17.6 Å². The Bertz CT molecular complexity index is 915. The summed E-state index contributed by atoms with van der Waals surface area (Å²) in [6, 6.07) is 9.60. The Labute approximate surface area is 151 Å². The van der Waals surface area contributed by atoms with Gasteiger partial charge in [-0.2, -0.15) is 13.2 Å². The molecule has 124 valence electrons. The van der Waals surface area contributed by atoms with Crippen LogP contribution in [0.2, 0.25) is 0 Å². The molecule has 1 aromatic carbocycles. The first-order valence-electron chi connectivity index (χ1n) is 6.68. The Balaban J connectivity index is 0.00000225. The summed E-state index contributed by atoms with van der Waals surface area (Å²) in [5, 5.41) is 9.53. The molecule has 2 heterocycles. The first kappa shape index (κ1) is 18.8. The van der Waals surface area contributed by atoms with E-state index < -0.39 is 17.7 Å². The second-order valence-corrected chi connectivity index (χ2v) is 4.84. The predicted octanol–water partition coefficient (Wildman–Crippen LogP) is 3.49. The monoisotopic (exact) mass is 342 g/mol. The van der Waals surface area contributed by atoms with E-state index >= 15 is 0 Å². The molecule has 0 saturated heterocycles. The Kier molecular flexibility index (Phi) is 5.35. The second kappa shape index (κ2) is 7.13. The van der Waals surface area contributed by atoms with Crippen LogP contribution in [0.3, 0.4) is 0 Å². The molecule has 0 saturated carbocycles. The third kappa shape index (κ3) is 4.29. The number of rotatable bonds is 3. The van der Waals surface area contributed by atoms with Crippen molar-refractivity contribution in [3.05, 3.63) is 59.9 Å². The molecule has 0 amide bonds. The molecule has 3 aromatic rings. The molecule has 0 spiro atoms. The number of aromatic nitrogens is 2. The zero-order valence-corrected chi connectivity index (χ0v) is 11.9. The van der Waals surface area contributed by atoms with E-state index in [1.807, 2.05) is 0 Å². The van der Waals surface area contributed by atoms with Gasteiger partial charge in [0.2, 0.25) is 5.88 Å². The van der Waals surface area contributed by atoms with Crippen LogP contribution >= 0.6 is 0 Å². The number of carbonyl (C=O) groups is 1. The summed E-state index contributed by atoms with van der Waals surface area (Å²) >= 11 is 0. The van der Waals surface area contributed by atoms with Crippen molar-refractivity contribution in [2.75, 3.05) is 0 Å². The number of nitrogens with zero attached hydrogens (tertiary/aromatic N) is 2. The van der Waals surface area contributed by atoms with E-state index in [-0.39, 0.29) is 30.4 Å². The molecular formula is C16H10F3LiN2O3. The van der Waals surface area contributed by atoms with Crippen LogP contribution in [0.25, 0.3) is 10.9 Å². The molecule has 0 radical (unpaired) electrons. The molecule has 25 heavy (non-hydrogen) atoms. The van der Waals surface area contributed by atoms with Gasteiger partial charge in [-0.15, -0.1) is 0 Å². The SMILES string of the molecule is O=C(O)c1ccc2cc(Oc3ccc(C(F)(F)F)cn3)ccc2n1.[LiH]. The number of fused-ring (bicyclic) bond motifs is 1. The van der Waals surface area contributed by atoms with Crippen LogP contribution in [-0.4, -0.2) is 39.9 Å². The summed E-state index contributed by atoms with van der Waals surface area (Å²) < 4.78 is 42.9. The zero-order valence-electron chi connectivity index (χ0n) is 11.9. The summed E-state index contributed by atoms with van der Waals surface area (Å²) in [7, 11) is 0. The summed E-state index contributed by atoms with van der Waals surface area (Å²) in [6.45, 7) is 0. The van der Waals surface area contributed by atoms with Crippen molar-refractivity contribution in [3.63, 3.8) is 0 Å². The Morgan fingerprint density at radius 2 is 1.84 bits per heavy atom. The summed E-state index contributed by atoms with van der Waals surface area (Å²) in [4.78, 5) is 18.5. The number of aromatic carboxylic acids is 1. The van der Waals surface area contributed by atoms with E-state index in [1.165, 1.54) is 12.1 Å². The van der Waals surface area contributed by atoms with E-state index in [2.05, 4.69) is 9.97 Å². The molecule has 1 N–H and O–H groups in total. The first-order valence-corrected chi connectivity index (χ1v) is 6.68. The van der Waals surface area contributed by atoms with Gasteiger partial charge in [0.1, 0.15) is 11.4 Å². The van der Waals surface area contributed by atoms with Crippen LogP contribution in [0.5, 0.6) is 11.6 Å². The molecular weight excluding hydrogens is 332 g/mol. The fraction of sp³-hybridized carbons (Fsp3) is 0.0625. The summed E-state index contributed by atoms with van der Waals surface area (Å²) in [5.74, 6) is -0.775. The molecule has 3 rings (SSSR count). The van der Waals surface area contributed by atoms with E-state index in [0.29, 0.717) is 22.8 Å². The van der Waals surface area contributed by atoms with Gasteiger partial charge in [-0.05, 0) is 30.3 Å². The summed E-state index contributed by atoms with van der Waals surface area (Å²) in [5.41, 5.74) is -0.484. The zero-order chi connectivity index (χ0) is 17.3. The van der Waals surface area contributed by atoms with E-state index in [4.69, 9.17) is 9.84 Å². The van der Waals surface area contributed by atoms with Crippen LogP contribution in [-0.2, 0) is 6.18 Å². The Hall–Kier alpha value is -2.56. The first-order chi connectivity index (χ1) is 11.3. The molecule has 0 atom stereocenters. The van der Waals surface area contributed by atoms with Crippen molar-refractivity contribution in [2.24, 2.45) is 0 Å². The van der Waals surface area contributed by atoms with Crippen LogP contribution < -0.4 is 4.74 Å². The maximum absolute atomic E-state index is 12.5. The Morgan fingerprint density at radius 1 is 1.08 bits per heavy atom. The van der Waals surface area contributed by atoms with E-state index in [9.17, 15) is 18.0 Å². The molecule has 9 heteroatoms. The fourth-order valence-corrected chi connectivity index (χ4v) is 2.02. The average molecular weight is 342 g/mol. The van der Waals surface area contributed by atoms with Crippen LogP contribution in [0, 0.1) is 0 Å². The number of hydrogen-bond acceptors (Lipinski definition) is 4. The van der Waals surface area contributed by atoms with Crippen molar-refractivity contribution in [2.45, 2.75) is 6.18 Å². The fourth-order valence-electron chi connectivity index (χ4n) is 2.02. The van der Waals surface area contributed by atoms with Gasteiger partial charge in [-0.25, -0.2) is 14.8 Å². The number of carboxylic acid groups (broad SMARTS) is 1. The topological polar surface area (TPSA) is 72.3 Å². The average Bonchev–Trinajstić information content (AvgIpc) is 2.54. The van der Waals surface area contributed by atoms with E-state index in [1.54, 1.807) is 18.2 Å². The number of alkyl halides is 3. The van der Waals surface area contributed by atoms with Crippen LogP contribution in [0.4, 0.5) is 13.2 Å². The van der Waals surface area contributed by atoms with Gasteiger partial charge < -0.3 is 9.84 Å². The molecule has 0 unspecified atom stereocenters. The summed E-state index contributed by atoms with van der Waals surface area (Å²) in [6.07, 6.45) is -3.76. The van der Waals surface area contributed by atoms with Gasteiger partial charge in [-0.1, -0.05) is 6.07 Å². The van der Waals surface area contributed by atoms with Gasteiger partial charge in [0.15, 0.2) is 0 Å². The molecule has 0 aliphatic rings. The van der Waals surface area contributed by atoms with Gasteiger partial charge in [0.05, 0.1) is 11.1 Å². The van der Waals surface area contributed by atoms with E-state index in [0.717, 1.165) is 12.1 Å². The number of benzene rings is 1. The van der Waals surface area contributed by atoms with Gasteiger partial charge >= 0.3 is 31.0 Å². The molecule has 0 aliphatic carbocycles. The van der Waals surface area contributed by atoms with Crippen LogP contribution in [0.15, 0.2) is 48.7 Å². The normalized spacial score (nSPS) is 11.0. The molecule has 2 aromatic heterocycles. The van der Waals surface area contributed by atoms with Gasteiger partial charge in [-0.3, -0.25) is 0 Å². The van der Waals surface area contributed by atoms with Crippen molar-refractivity contribution in [1.82, 2.24) is 9.97 Å². The van der Waals surface area contributed by atoms with Crippen molar-refractivity contribution < 1.29 is 27.8 Å². The van der Waals surface area contributed by atoms with Crippen molar-refractivity contribution in [1.29, 1.82) is 0 Å². The van der Waals surface area contributed by atoms with Gasteiger partial charge in [0.25, 0.3) is 0 Å². The Morgan fingerprint density at radius 3 is 2.44 bits per heavy atom. The van der Waals surface area contributed by atoms with Crippen LogP contribution in [0.1, 0.15) is 16.1 Å². The molecule has 5 nitrogen and oxygen atoms in total. The minimum atomic E-state index is -4.46. The number of hydrogen-bond donors (Lipinski definition) is 1. The molecule has 0 bridgehead atoms. The standard InChI is InChI=1S/C16H9F3N2O3.Li.H/c17-16(18,19)10-2-6-14(20-8-10)24-11-3-5-12-9(7-11)1-4-13(21-12)15(22)23;;/h1-8H,(H,22,23);;. The number of halogens is 3. The third-order valence-electron chi connectivity index (χ3n) is 3.17.